The number of carbonyl (C=O) groups excluding carboxylic acids is 1. The number of imidazole rings is 1. The number of pyridine rings is 1. The monoisotopic (exact) mass is 342 g/mol. The fourth-order valence-electron chi connectivity index (χ4n) is 2.59. The highest BCUT2D eigenvalue weighted by atomic mass is 35.5. The van der Waals surface area contributed by atoms with E-state index in [1.807, 2.05) is 28.8 Å². The summed E-state index contributed by atoms with van der Waals surface area (Å²) in [6.07, 6.45) is 3.36. The SMILES string of the molecule is CC(C)n1cnc2cc(C(=O)N(C)Cc3ccccc3Cl)cnc21. The first-order chi connectivity index (χ1) is 11.5. The van der Waals surface area contributed by atoms with Gasteiger partial charge in [0.1, 0.15) is 5.52 Å². The quantitative estimate of drug-likeness (QED) is 0.721. The molecule has 0 aliphatic rings. The number of halogens is 1. The molecule has 6 heteroatoms. The Morgan fingerprint density at radius 3 is 2.75 bits per heavy atom. The van der Waals surface area contributed by atoms with Crippen molar-refractivity contribution in [1.29, 1.82) is 0 Å². The molecule has 3 rings (SSSR count). The molecule has 3 aromatic rings. The first kappa shape index (κ1) is 16.5. The van der Waals surface area contributed by atoms with Crippen molar-refractivity contribution in [3.63, 3.8) is 0 Å². The Kier molecular flexibility index (Phi) is 4.53. The molecule has 0 aliphatic heterocycles. The summed E-state index contributed by atoms with van der Waals surface area (Å²) in [7, 11) is 1.75. The minimum atomic E-state index is -0.108. The fourth-order valence-corrected chi connectivity index (χ4v) is 2.78. The topological polar surface area (TPSA) is 51.0 Å². The molecule has 0 saturated carbocycles. The smallest absolute Gasteiger partial charge is 0.255 e. The standard InChI is InChI=1S/C18H19ClN4O/c1-12(2)23-11-21-16-8-14(9-20-17(16)23)18(24)22(3)10-13-6-4-5-7-15(13)19/h4-9,11-12H,10H2,1-3H3. The zero-order valence-corrected chi connectivity index (χ0v) is 14.7. The number of carbonyl (C=O) groups is 1. The summed E-state index contributed by atoms with van der Waals surface area (Å²) in [6, 6.07) is 9.57. The third kappa shape index (κ3) is 3.12. The normalized spacial score (nSPS) is 11.2. The van der Waals surface area contributed by atoms with E-state index in [4.69, 9.17) is 11.6 Å². The Labute approximate surface area is 145 Å². The number of aromatic nitrogens is 3. The maximum Gasteiger partial charge on any atom is 0.255 e. The van der Waals surface area contributed by atoms with Gasteiger partial charge in [0.2, 0.25) is 0 Å². The summed E-state index contributed by atoms with van der Waals surface area (Å²) < 4.78 is 1.98. The lowest BCUT2D eigenvalue weighted by Gasteiger charge is -2.18. The van der Waals surface area contributed by atoms with Crippen LogP contribution >= 0.6 is 11.6 Å². The summed E-state index contributed by atoms with van der Waals surface area (Å²) >= 11 is 6.17. The van der Waals surface area contributed by atoms with Gasteiger partial charge in [-0.15, -0.1) is 0 Å². The molecule has 0 spiro atoms. The number of benzene rings is 1. The zero-order valence-electron chi connectivity index (χ0n) is 13.9. The van der Waals surface area contributed by atoms with Crippen molar-refractivity contribution in [2.45, 2.75) is 26.4 Å². The van der Waals surface area contributed by atoms with Crippen LogP contribution in [0.25, 0.3) is 11.2 Å². The summed E-state index contributed by atoms with van der Waals surface area (Å²) in [5.41, 5.74) is 2.94. The van der Waals surface area contributed by atoms with E-state index in [1.165, 1.54) is 0 Å². The predicted octanol–water partition coefficient (Wildman–Crippen LogP) is 3.94. The van der Waals surface area contributed by atoms with Crippen LogP contribution in [0.2, 0.25) is 5.02 Å². The minimum absolute atomic E-state index is 0.108. The van der Waals surface area contributed by atoms with Crippen molar-refractivity contribution in [3.8, 4) is 0 Å². The Morgan fingerprint density at radius 2 is 2.04 bits per heavy atom. The van der Waals surface area contributed by atoms with E-state index < -0.39 is 0 Å². The number of amides is 1. The molecule has 0 aliphatic carbocycles. The lowest BCUT2D eigenvalue weighted by atomic mass is 10.2. The fraction of sp³-hybridized carbons (Fsp3) is 0.278. The van der Waals surface area contributed by atoms with Crippen LogP contribution < -0.4 is 0 Å². The molecule has 0 fully saturated rings. The molecule has 1 amide bonds. The predicted molar refractivity (Wildman–Crippen MR) is 95.2 cm³/mol. The summed E-state index contributed by atoms with van der Waals surface area (Å²) in [4.78, 5) is 23.0. The second-order valence-corrected chi connectivity index (χ2v) is 6.47. The highest BCUT2D eigenvalue weighted by Gasteiger charge is 2.16. The third-order valence-corrected chi connectivity index (χ3v) is 4.30. The summed E-state index contributed by atoms with van der Waals surface area (Å²) in [5.74, 6) is -0.108. The van der Waals surface area contributed by atoms with E-state index in [2.05, 4.69) is 23.8 Å². The third-order valence-electron chi connectivity index (χ3n) is 3.93. The number of hydrogen-bond donors (Lipinski definition) is 0. The first-order valence-electron chi connectivity index (χ1n) is 7.79. The van der Waals surface area contributed by atoms with Crippen LogP contribution in [0, 0.1) is 0 Å². The molecule has 24 heavy (non-hydrogen) atoms. The van der Waals surface area contributed by atoms with Crippen LogP contribution in [0.4, 0.5) is 0 Å². The summed E-state index contributed by atoms with van der Waals surface area (Å²) in [6.45, 7) is 4.58. The molecule has 0 saturated heterocycles. The first-order valence-corrected chi connectivity index (χ1v) is 8.16. The Hall–Kier alpha value is -2.40. The van der Waals surface area contributed by atoms with Crippen LogP contribution in [-0.2, 0) is 6.54 Å². The van der Waals surface area contributed by atoms with Gasteiger partial charge < -0.3 is 9.47 Å². The number of fused-ring (bicyclic) bond motifs is 1. The second kappa shape index (κ2) is 6.61. The molecule has 2 aromatic heterocycles. The van der Waals surface area contributed by atoms with E-state index in [0.717, 1.165) is 16.7 Å². The highest BCUT2D eigenvalue weighted by molar-refractivity contribution is 6.31. The molecule has 5 nitrogen and oxygen atoms in total. The van der Waals surface area contributed by atoms with E-state index in [1.54, 1.807) is 30.5 Å². The second-order valence-electron chi connectivity index (χ2n) is 6.06. The van der Waals surface area contributed by atoms with E-state index in [-0.39, 0.29) is 11.9 Å². The molecular weight excluding hydrogens is 324 g/mol. The van der Waals surface area contributed by atoms with Gasteiger partial charge in [-0.1, -0.05) is 29.8 Å². The molecule has 0 N–H and O–H groups in total. The number of nitrogens with zero attached hydrogens (tertiary/aromatic N) is 4. The molecule has 2 heterocycles. The van der Waals surface area contributed by atoms with Gasteiger partial charge in [0.25, 0.3) is 5.91 Å². The Bertz CT molecular complexity index is 888. The number of hydrogen-bond acceptors (Lipinski definition) is 3. The molecule has 124 valence electrons. The van der Waals surface area contributed by atoms with Crippen molar-refractivity contribution >= 4 is 28.7 Å². The van der Waals surface area contributed by atoms with Gasteiger partial charge in [0.15, 0.2) is 5.65 Å². The van der Waals surface area contributed by atoms with E-state index in [9.17, 15) is 4.79 Å². The molecule has 0 bridgehead atoms. The lowest BCUT2D eigenvalue weighted by molar-refractivity contribution is 0.0785. The largest absolute Gasteiger partial charge is 0.337 e. The van der Waals surface area contributed by atoms with Gasteiger partial charge in [0, 0.05) is 30.9 Å². The van der Waals surface area contributed by atoms with E-state index in [0.29, 0.717) is 17.1 Å². The van der Waals surface area contributed by atoms with Crippen LogP contribution in [0.5, 0.6) is 0 Å². The minimum Gasteiger partial charge on any atom is -0.337 e. The van der Waals surface area contributed by atoms with Crippen LogP contribution in [0.3, 0.4) is 0 Å². The van der Waals surface area contributed by atoms with Gasteiger partial charge in [-0.2, -0.15) is 0 Å². The van der Waals surface area contributed by atoms with Gasteiger partial charge in [0.05, 0.1) is 11.9 Å². The lowest BCUT2D eigenvalue weighted by Crippen LogP contribution is -2.26. The Morgan fingerprint density at radius 1 is 1.29 bits per heavy atom. The maximum atomic E-state index is 12.7. The van der Waals surface area contributed by atoms with Crippen LogP contribution in [0.15, 0.2) is 42.9 Å². The van der Waals surface area contributed by atoms with Crippen LogP contribution in [-0.4, -0.2) is 32.4 Å². The average Bonchev–Trinajstić information content (AvgIpc) is 2.99. The molecule has 0 unspecified atom stereocenters. The van der Waals surface area contributed by atoms with E-state index >= 15 is 0 Å². The van der Waals surface area contributed by atoms with Crippen molar-refractivity contribution < 1.29 is 4.79 Å². The molecule has 1 aromatic carbocycles. The Balaban J connectivity index is 1.84. The zero-order chi connectivity index (χ0) is 17.3. The van der Waals surface area contributed by atoms with Crippen molar-refractivity contribution in [3.05, 3.63) is 59.0 Å². The van der Waals surface area contributed by atoms with Crippen molar-refractivity contribution in [1.82, 2.24) is 19.4 Å². The molecule has 0 atom stereocenters. The van der Waals surface area contributed by atoms with Gasteiger partial charge in [-0.3, -0.25) is 4.79 Å². The molecule has 0 radical (unpaired) electrons. The van der Waals surface area contributed by atoms with Gasteiger partial charge in [-0.25, -0.2) is 9.97 Å². The van der Waals surface area contributed by atoms with Crippen molar-refractivity contribution in [2.75, 3.05) is 7.05 Å². The summed E-state index contributed by atoms with van der Waals surface area (Å²) in [5, 5.41) is 0.654. The molecular formula is C18H19ClN4O. The maximum absolute atomic E-state index is 12.7. The van der Waals surface area contributed by atoms with Crippen molar-refractivity contribution in [2.24, 2.45) is 0 Å². The van der Waals surface area contributed by atoms with Gasteiger partial charge in [-0.05, 0) is 31.5 Å². The highest BCUT2D eigenvalue weighted by Crippen LogP contribution is 2.19. The number of rotatable bonds is 4. The average molecular weight is 343 g/mol. The van der Waals surface area contributed by atoms with Gasteiger partial charge >= 0.3 is 0 Å². The van der Waals surface area contributed by atoms with Crippen LogP contribution in [0.1, 0.15) is 35.8 Å².